The zero-order valence-corrected chi connectivity index (χ0v) is 15.3. The molecule has 0 heterocycles. The molecule has 0 atom stereocenters. The van der Waals surface area contributed by atoms with E-state index in [0.29, 0.717) is 11.7 Å². The maximum Gasteiger partial charge on any atom is 0.122 e. The lowest BCUT2D eigenvalue weighted by Gasteiger charge is -2.34. The van der Waals surface area contributed by atoms with Gasteiger partial charge in [-0.05, 0) is 47.1 Å². The van der Waals surface area contributed by atoms with Crippen molar-refractivity contribution in [1.29, 1.82) is 0 Å². The first-order valence-corrected chi connectivity index (χ1v) is 8.31. The molecule has 1 nitrogen and oxygen atoms in total. The van der Waals surface area contributed by atoms with Crippen molar-refractivity contribution in [2.45, 2.75) is 80.1 Å². The van der Waals surface area contributed by atoms with Gasteiger partial charge < -0.3 is 5.11 Å². The Hall–Kier alpha value is -0.980. The highest BCUT2D eigenvalue weighted by molar-refractivity contribution is 5.47. The molecular weight excluding hydrogens is 256 g/mol. The van der Waals surface area contributed by atoms with Crippen molar-refractivity contribution in [3.63, 3.8) is 0 Å². The minimum atomic E-state index is -0.0146. The second-order valence-corrected chi connectivity index (χ2v) is 8.72. The molecule has 1 heteroatoms. The SMILES string of the molecule is CCc1cc(CC(C)C)c(O)c(C(C)(C)CC(C)(C)C)c1. The minimum Gasteiger partial charge on any atom is -0.507 e. The molecule has 1 aromatic rings. The van der Waals surface area contributed by atoms with Crippen LogP contribution >= 0.6 is 0 Å². The monoisotopic (exact) mass is 290 g/mol. The van der Waals surface area contributed by atoms with Crippen molar-refractivity contribution in [2.24, 2.45) is 11.3 Å². The summed E-state index contributed by atoms with van der Waals surface area (Å²) in [5.41, 5.74) is 3.80. The lowest BCUT2D eigenvalue weighted by atomic mass is 9.71. The maximum atomic E-state index is 10.8. The molecular formula is C20H34O. The summed E-state index contributed by atoms with van der Waals surface area (Å²) in [4.78, 5) is 0. The van der Waals surface area contributed by atoms with Gasteiger partial charge in [-0.15, -0.1) is 0 Å². The van der Waals surface area contributed by atoms with E-state index in [-0.39, 0.29) is 10.8 Å². The third-order valence-electron chi connectivity index (χ3n) is 3.99. The Kier molecular flexibility index (Phi) is 5.52. The fourth-order valence-corrected chi connectivity index (χ4v) is 3.50. The molecule has 0 spiro atoms. The van der Waals surface area contributed by atoms with Crippen LogP contribution in [0.3, 0.4) is 0 Å². The highest BCUT2D eigenvalue weighted by Gasteiger charge is 2.30. The Morgan fingerprint density at radius 2 is 1.62 bits per heavy atom. The number of rotatable bonds is 5. The topological polar surface area (TPSA) is 20.2 Å². The third kappa shape index (κ3) is 5.05. The van der Waals surface area contributed by atoms with Crippen molar-refractivity contribution >= 4 is 0 Å². The smallest absolute Gasteiger partial charge is 0.122 e. The van der Waals surface area contributed by atoms with E-state index in [1.165, 1.54) is 5.56 Å². The molecule has 0 aliphatic heterocycles. The van der Waals surface area contributed by atoms with Gasteiger partial charge in [-0.2, -0.15) is 0 Å². The fraction of sp³-hybridized carbons (Fsp3) is 0.700. The zero-order chi connectivity index (χ0) is 16.4. The molecule has 0 unspecified atom stereocenters. The predicted molar refractivity (Wildman–Crippen MR) is 93.1 cm³/mol. The summed E-state index contributed by atoms with van der Waals surface area (Å²) < 4.78 is 0. The first-order chi connectivity index (χ1) is 9.46. The molecule has 0 aliphatic rings. The molecule has 0 saturated carbocycles. The van der Waals surface area contributed by atoms with Crippen LogP contribution in [0.5, 0.6) is 5.75 Å². The van der Waals surface area contributed by atoms with Gasteiger partial charge in [0.2, 0.25) is 0 Å². The molecule has 120 valence electrons. The van der Waals surface area contributed by atoms with Crippen molar-refractivity contribution in [3.05, 3.63) is 28.8 Å². The van der Waals surface area contributed by atoms with Gasteiger partial charge in [-0.1, -0.05) is 67.5 Å². The van der Waals surface area contributed by atoms with E-state index in [1.807, 2.05) is 0 Å². The van der Waals surface area contributed by atoms with Gasteiger partial charge in [0.1, 0.15) is 5.75 Å². The van der Waals surface area contributed by atoms with Crippen LogP contribution in [0.2, 0.25) is 0 Å². The molecule has 0 amide bonds. The molecule has 0 aromatic heterocycles. The van der Waals surface area contributed by atoms with Gasteiger partial charge >= 0.3 is 0 Å². The van der Waals surface area contributed by atoms with Crippen LogP contribution in [0.4, 0.5) is 0 Å². The van der Waals surface area contributed by atoms with Gasteiger partial charge in [0.15, 0.2) is 0 Å². The molecule has 21 heavy (non-hydrogen) atoms. The van der Waals surface area contributed by atoms with Crippen LogP contribution in [0.15, 0.2) is 12.1 Å². The average Bonchev–Trinajstić information content (AvgIpc) is 2.27. The summed E-state index contributed by atoms with van der Waals surface area (Å²) >= 11 is 0. The first kappa shape index (κ1) is 18.1. The number of phenols is 1. The van der Waals surface area contributed by atoms with E-state index >= 15 is 0 Å². The molecule has 0 fully saturated rings. The molecule has 0 aliphatic carbocycles. The number of hydrogen-bond donors (Lipinski definition) is 1. The summed E-state index contributed by atoms with van der Waals surface area (Å²) in [7, 11) is 0. The van der Waals surface area contributed by atoms with Gasteiger partial charge in [0.25, 0.3) is 0 Å². The van der Waals surface area contributed by atoms with Crippen LogP contribution in [0.1, 0.15) is 78.5 Å². The van der Waals surface area contributed by atoms with E-state index in [0.717, 1.165) is 30.4 Å². The predicted octanol–water partition coefficient (Wildman–Crippen LogP) is 5.87. The summed E-state index contributed by atoms with van der Waals surface area (Å²) in [6, 6.07) is 4.40. The van der Waals surface area contributed by atoms with Crippen LogP contribution < -0.4 is 0 Å². The number of benzene rings is 1. The van der Waals surface area contributed by atoms with Crippen LogP contribution in [-0.2, 0) is 18.3 Å². The first-order valence-electron chi connectivity index (χ1n) is 8.31. The Bertz CT molecular complexity index is 475. The van der Waals surface area contributed by atoms with Crippen LogP contribution in [0, 0.1) is 11.3 Å². The van der Waals surface area contributed by atoms with Gasteiger partial charge in [-0.3, -0.25) is 0 Å². The quantitative estimate of drug-likeness (QED) is 0.719. The number of hydrogen-bond acceptors (Lipinski definition) is 1. The summed E-state index contributed by atoms with van der Waals surface area (Å²) in [5, 5.41) is 10.8. The molecule has 0 bridgehead atoms. The second-order valence-electron chi connectivity index (χ2n) is 8.72. The fourth-order valence-electron chi connectivity index (χ4n) is 3.50. The van der Waals surface area contributed by atoms with Gasteiger partial charge in [0, 0.05) is 5.56 Å². The summed E-state index contributed by atoms with van der Waals surface area (Å²) in [5.74, 6) is 1.08. The van der Waals surface area contributed by atoms with E-state index in [1.54, 1.807) is 0 Å². The van der Waals surface area contributed by atoms with E-state index < -0.39 is 0 Å². The van der Waals surface area contributed by atoms with Crippen LogP contribution in [-0.4, -0.2) is 5.11 Å². The summed E-state index contributed by atoms with van der Waals surface area (Å²) in [6.07, 6.45) is 3.02. The molecule has 0 radical (unpaired) electrons. The molecule has 1 aromatic carbocycles. The third-order valence-corrected chi connectivity index (χ3v) is 3.99. The Labute approximate surface area is 131 Å². The number of aryl methyl sites for hydroxylation is 1. The Morgan fingerprint density at radius 1 is 1.05 bits per heavy atom. The minimum absolute atomic E-state index is 0.0146. The highest BCUT2D eigenvalue weighted by Crippen LogP contribution is 2.42. The Balaban J connectivity index is 3.33. The van der Waals surface area contributed by atoms with Crippen molar-refractivity contribution in [2.75, 3.05) is 0 Å². The van der Waals surface area contributed by atoms with Gasteiger partial charge in [-0.25, -0.2) is 0 Å². The largest absolute Gasteiger partial charge is 0.507 e. The molecule has 1 rings (SSSR count). The van der Waals surface area contributed by atoms with Crippen molar-refractivity contribution < 1.29 is 5.11 Å². The Morgan fingerprint density at radius 3 is 2.05 bits per heavy atom. The second kappa shape index (κ2) is 6.42. The van der Waals surface area contributed by atoms with E-state index in [2.05, 4.69) is 67.5 Å². The highest BCUT2D eigenvalue weighted by atomic mass is 16.3. The van der Waals surface area contributed by atoms with Gasteiger partial charge in [0.05, 0.1) is 0 Å². The number of aromatic hydroxyl groups is 1. The van der Waals surface area contributed by atoms with E-state index in [4.69, 9.17) is 0 Å². The average molecular weight is 290 g/mol. The normalized spacial score (nSPS) is 13.0. The van der Waals surface area contributed by atoms with Crippen molar-refractivity contribution in [3.8, 4) is 5.75 Å². The summed E-state index contributed by atoms with van der Waals surface area (Å²) in [6.45, 7) is 17.9. The lowest BCUT2D eigenvalue weighted by Crippen LogP contribution is -2.25. The standard InChI is InChI=1S/C20H34O/c1-9-15-11-16(10-14(2)3)18(21)17(12-15)20(7,8)13-19(4,5)6/h11-12,14,21H,9-10,13H2,1-8H3. The molecule has 0 saturated heterocycles. The molecule has 1 N–H and O–H groups in total. The van der Waals surface area contributed by atoms with Crippen LogP contribution in [0.25, 0.3) is 0 Å². The van der Waals surface area contributed by atoms with Crippen molar-refractivity contribution in [1.82, 2.24) is 0 Å². The van der Waals surface area contributed by atoms with E-state index in [9.17, 15) is 5.11 Å². The zero-order valence-electron chi connectivity index (χ0n) is 15.3. The maximum absolute atomic E-state index is 10.8. The lowest BCUT2D eigenvalue weighted by molar-refractivity contribution is 0.278. The number of phenolic OH excluding ortho intramolecular Hbond substituents is 1.